The van der Waals surface area contributed by atoms with Crippen LogP contribution < -0.4 is 10.1 Å². The fourth-order valence-electron chi connectivity index (χ4n) is 1.81. The lowest BCUT2D eigenvalue weighted by Crippen LogP contribution is -2.39. The highest BCUT2D eigenvalue weighted by Gasteiger charge is 2.23. The predicted octanol–water partition coefficient (Wildman–Crippen LogP) is 0.747. The van der Waals surface area contributed by atoms with Crippen molar-refractivity contribution in [2.75, 3.05) is 32.2 Å². The van der Waals surface area contributed by atoms with Gasteiger partial charge in [-0.25, -0.2) is 4.79 Å². The number of aromatic carboxylic acids is 1. The molecule has 1 saturated heterocycles. The van der Waals surface area contributed by atoms with E-state index in [0.717, 1.165) is 0 Å². The van der Waals surface area contributed by atoms with E-state index in [1.807, 2.05) is 0 Å². The van der Waals surface area contributed by atoms with E-state index in [-0.39, 0.29) is 23.8 Å². The van der Waals surface area contributed by atoms with Crippen LogP contribution in [0.25, 0.3) is 0 Å². The van der Waals surface area contributed by atoms with Crippen LogP contribution in [0.1, 0.15) is 10.4 Å². The summed E-state index contributed by atoms with van der Waals surface area (Å²) in [5.41, 5.74) is 0.466. The number of carbonyl (C=O) groups is 2. The number of nitrogens with one attached hydrogen (secondary N) is 1. The number of hydrogen-bond acceptors (Lipinski definition) is 5. The van der Waals surface area contributed by atoms with E-state index in [4.69, 9.17) is 19.3 Å². The number of benzene rings is 1. The largest absolute Gasteiger partial charge is 0.496 e. The maximum absolute atomic E-state index is 11.9. The SMILES string of the molecule is COc1cc(NC(=O)C2COCCO2)ccc1C(=O)O. The van der Waals surface area contributed by atoms with Crippen molar-refractivity contribution in [1.29, 1.82) is 0 Å². The summed E-state index contributed by atoms with van der Waals surface area (Å²) in [6.07, 6.45) is -0.658. The number of carbonyl (C=O) groups excluding carboxylic acids is 1. The Bertz CT molecular complexity index is 510. The standard InChI is InChI=1S/C13H15NO6/c1-18-10-6-8(2-3-9(10)13(16)17)14-12(15)11-7-19-4-5-20-11/h2-3,6,11H,4-5,7H2,1H3,(H,14,15)(H,16,17). The lowest BCUT2D eigenvalue weighted by molar-refractivity contribution is -0.142. The molecule has 108 valence electrons. The first kappa shape index (κ1) is 14.3. The van der Waals surface area contributed by atoms with E-state index < -0.39 is 12.1 Å². The van der Waals surface area contributed by atoms with E-state index in [2.05, 4.69) is 5.32 Å². The van der Waals surface area contributed by atoms with Crippen molar-refractivity contribution in [1.82, 2.24) is 0 Å². The van der Waals surface area contributed by atoms with Crippen LogP contribution in [0.5, 0.6) is 5.75 Å². The molecule has 20 heavy (non-hydrogen) atoms. The highest BCUT2D eigenvalue weighted by atomic mass is 16.6. The van der Waals surface area contributed by atoms with Crippen LogP contribution in [0.4, 0.5) is 5.69 Å². The van der Waals surface area contributed by atoms with Gasteiger partial charge in [0, 0.05) is 11.8 Å². The molecular weight excluding hydrogens is 266 g/mol. The van der Waals surface area contributed by atoms with Crippen LogP contribution >= 0.6 is 0 Å². The van der Waals surface area contributed by atoms with Crippen molar-refractivity contribution in [2.45, 2.75) is 6.10 Å². The number of anilines is 1. The topological polar surface area (TPSA) is 94.1 Å². The molecule has 2 N–H and O–H groups in total. The number of amides is 1. The maximum Gasteiger partial charge on any atom is 0.339 e. The van der Waals surface area contributed by atoms with E-state index in [1.54, 1.807) is 0 Å². The lowest BCUT2D eigenvalue weighted by atomic mass is 10.1. The van der Waals surface area contributed by atoms with E-state index >= 15 is 0 Å². The Labute approximate surface area is 115 Å². The van der Waals surface area contributed by atoms with Gasteiger partial charge in [0.15, 0.2) is 6.10 Å². The minimum Gasteiger partial charge on any atom is -0.496 e. The first-order valence-electron chi connectivity index (χ1n) is 6.03. The molecule has 1 fully saturated rings. The third kappa shape index (κ3) is 3.25. The molecule has 1 amide bonds. The summed E-state index contributed by atoms with van der Waals surface area (Å²) in [6, 6.07) is 4.31. The Morgan fingerprint density at radius 3 is 2.80 bits per heavy atom. The molecular formula is C13H15NO6. The number of ether oxygens (including phenoxy) is 3. The summed E-state index contributed by atoms with van der Waals surface area (Å²) in [7, 11) is 1.37. The Hall–Kier alpha value is -2.12. The molecule has 0 aromatic heterocycles. The monoisotopic (exact) mass is 281 g/mol. The van der Waals surface area contributed by atoms with Crippen molar-refractivity contribution in [3.63, 3.8) is 0 Å². The molecule has 7 nitrogen and oxygen atoms in total. The van der Waals surface area contributed by atoms with Crippen molar-refractivity contribution in [3.05, 3.63) is 23.8 Å². The molecule has 1 aromatic carbocycles. The normalized spacial score (nSPS) is 18.4. The summed E-state index contributed by atoms with van der Waals surface area (Å²) in [4.78, 5) is 22.9. The fourth-order valence-corrected chi connectivity index (χ4v) is 1.81. The van der Waals surface area contributed by atoms with Crippen LogP contribution in [0, 0.1) is 0 Å². The number of rotatable bonds is 4. The first-order chi connectivity index (χ1) is 9.61. The third-order valence-electron chi connectivity index (χ3n) is 2.81. The minimum absolute atomic E-state index is 0.0303. The van der Waals surface area contributed by atoms with Crippen LogP contribution in [0.3, 0.4) is 0 Å². The second-order valence-corrected chi connectivity index (χ2v) is 4.14. The zero-order chi connectivity index (χ0) is 14.5. The van der Waals surface area contributed by atoms with E-state index in [0.29, 0.717) is 18.9 Å². The second kappa shape index (κ2) is 6.36. The summed E-state index contributed by atoms with van der Waals surface area (Å²) in [6.45, 7) is 1.06. The third-order valence-corrected chi connectivity index (χ3v) is 2.81. The number of methoxy groups -OCH3 is 1. The van der Waals surface area contributed by atoms with Gasteiger partial charge < -0.3 is 24.6 Å². The average molecular weight is 281 g/mol. The van der Waals surface area contributed by atoms with Gasteiger partial charge in [-0.05, 0) is 12.1 Å². The molecule has 1 aliphatic heterocycles. The van der Waals surface area contributed by atoms with Gasteiger partial charge in [0.25, 0.3) is 5.91 Å². The van der Waals surface area contributed by atoms with Crippen LogP contribution in [-0.4, -0.2) is 50.0 Å². The van der Waals surface area contributed by atoms with E-state index in [9.17, 15) is 9.59 Å². The van der Waals surface area contributed by atoms with Crippen LogP contribution in [-0.2, 0) is 14.3 Å². The number of hydrogen-bond donors (Lipinski definition) is 2. The maximum atomic E-state index is 11.9. The lowest BCUT2D eigenvalue weighted by Gasteiger charge is -2.22. The molecule has 1 aromatic rings. The van der Waals surface area contributed by atoms with Crippen LogP contribution in [0.15, 0.2) is 18.2 Å². The van der Waals surface area contributed by atoms with Gasteiger partial charge >= 0.3 is 5.97 Å². The average Bonchev–Trinajstić information content (AvgIpc) is 2.47. The number of carboxylic acid groups (broad SMARTS) is 1. The van der Waals surface area contributed by atoms with Gasteiger partial charge in [-0.15, -0.1) is 0 Å². The smallest absolute Gasteiger partial charge is 0.339 e. The molecule has 0 radical (unpaired) electrons. The zero-order valence-corrected chi connectivity index (χ0v) is 10.9. The molecule has 0 bridgehead atoms. The van der Waals surface area contributed by atoms with Crippen molar-refractivity contribution < 1.29 is 28.9 Å². The van der Waals surface area contributed by atoms with E-state index in [1.165, 1.54) is 25.3 Å². The van der Waals surface area contributed by atoms with Gasteiger partial charge in [0.1, 0.15) is 11.3 Å². The molecule has 0 aliphatic carbocycles. The minimum atomic E-state index is -1.09. The molecule has 1 unspecified atom stereocenters. The Kier molecular flexibility index (Phi) is 4.54. The zero-order valence-electron chi connectivity index (χ0n) is 10.9. The first-order valence-corrected chi connectivity index (χ1v) is 6.03. The molecule has 0 spiro atoms. The molecule has 1 atom stereocenters. The predicted molar refractivity (Wildman–Crippen MR) is 69.1 cm³/mol. The Morgan fingerprint density at radius 1 is 1.40 bits per heavy atom. The summed E-state index contributed by atoms with van der Waals surface area (Å²) >= 11 is 0. The quantitative estimate of drug-likeness (QED) is 0.845. The van der Waals surface area contributed by atoms with Crippen molar-refractivity contribution in [2.24, 2.45) is 0 Å². The van der Waals surface area contributed by atoms with Crippen LogP contribution in [0.2, 0.25) is 0 Å². The van der Waals surface area contributed by atoms with Gasteiger partial charge in [-0.1, -0.05) is 0 Å². The fraction of sp³-hybridized carbons (Fsp3) is 0.385. The summed E-state index contributed by atoms with van der Waals surface area (Å²) in [5, 5.41) is 11.6. The summed E-state index contributed by atoms with van der Waals surface area (Å²) < 4.78 is 15.4. The van der Waals surface area contributed by atoms with Gasteiger partial charge in [0.2, 0.25) is 0 Å². The highest BCUT2D eigenvalue weighted by Crippen LogP contribution is 2.23. The van der Waals surface area contributed by atoms with Gasteiger partial charge in [0.05, 0.1) is 26.9 Å². The Balaban J connectivity index is 2.09. The number of carboxylic acids is 1. The molecule has 1 aliphatic rings. The molecule has 7 heteroatoms. The molecule has 2 rings (SSSR count). The highest BCUT2D eigenvalue weighted by molar-refractivity contribution is 5.96. The van der Waals surface area contributed by atoms with Crippen molar-refractivity contribution >= 4 is 17.6 Å². The van der Waals surface area contributed by atoms with Crippen molar-refractivity contribution in [3.8, 4) is 5.75 Å². The second-order valence-electron chi connectivity index (χ2n) is 4.14. The molecule has 0 saturated carbocycles. The summed E-state index contributed by atoms with van der Waals surface area (Å²) in [5.74, 6) is -1.25. The van der Waals surface area contributed by atoms with Gasteiger partial charge in [-0.3, -0.25) is 4.79 Å². The Morgan fingerprint density at radius 2 is 2.20 bits per heavy atom. The molecule has 1 heterocycles. The van der Waals surface area contributed by atoms with Gasteiger partial charge in [-0.2, -0.15) is 0 Å².